The molecule has 0 aromatic heterocycles. The Kier molecular flexibility index (Phi) is 6.09. The molecule has 0 aromatic carbocycles. The van der Waals surface area contributed by atoms with E-state index in [4.69, 9.17) is 14.6 Å². The summed E-state index contributed by atoms with van der Waals surface area (Å²) in [6, 6.07) is 0. The monoisotopic (exact) mass is 308 g/mol. The van der Waals surface area contributed by atoms with Crippen molar-refractivity contribution in [1.29, 1.82) is 0 Å². The van der Waals surface area contributed by atoms with Crippen LogP contribution in [0.4, 0.5) is 0 Å². The number of aliphatic hydroxyl groups is 4. The average Bonchev–Trinajstić information content (AvgIpc) is 2.40. The third-order valence-corrected chi connectivity index (χ3v) is 3.60. The molecule has 1 aliphatic heterocycles. The summed E-state index contributed by atoms with van der Waals surface area (Å²) in [4.78, 5) is 11.5. The molecule has 6 atom stereocenters. The van der Waals surface area contributed by atoms with Gasteiger partial charge in [-0.15, -0.1) is 0 Å². The summed E-state index contributed by atoms with van der Waals surface area (Å²) in [7, 11) is 0. The maximum absolute atomic E-state index is 11.5. The van der Waals surface area contributed by atoms with Crippen LogP contribution in [-0.2, 0) is 14.3 Å². The highest BCUT2D eigenvalue weighted by molar-refractivity contribution is 5.76. The van der Waals surface area contributed by atoms with E-state index in [2.05, 4.69) is 0 Å². The van der Waals surface area contributed by atoms with Crippen LogP contribution in [0.15, 0.2) is 0 Å². The van der Waals surface area contributed by atoms with Gasteiger partial charge >= 0.3 is 5.97 Å². The first-order valence-electron chi connectivity index (χ1n) is 6.88. The van der Waals surface area contributed by atoms with Gasteiger partial charge < -0.3 is 35.0 Å². The summed E-state index contributed by atoms with van der Waals surface area (Å²) in [5, 5.41) is 47.9. The maximum Gasteiger partial charge on any atom is 0.364 e. The topological polar surface area (TPSA) is 137 Å². The predicted octanol–water partition coefficient (Wildman–Crippen LogP) is -1.31. The molecular formula is C13H24O8. The number of rotatable bonds is 6. The van der Waals surface area contributed by atoms with E-state index in [1.165, 1.54) is 0 Å². The lowest BCUT2D eigenvalue weighted by molar-refractivity contribution is -0.326. The predicted molar refractivity (Wildman–Crippen MR) is 70.3 cm³/mol. The molecule has 0 aromatic rings. The number of aliphatic carboxylic acids is 1. The summed E-state index contributed by atoms with van der Waals surface area (Å²) in [5.41, 5.74) is 0. The van der Waals surface area contributed by atoms with Crippen molar-refractivity contribution >= 4 is 5.97 Å². The zero-order valence-corrected chi connectivity index (χ0v) is 12.3. The molecule has 0 spiro atoms. The maximum atomic E-state index is 11.5. The molecular weight excluding hydrogens is 284 g/mol. The fourth-order valence-electron chi connectivity index (χ4n) is 2.41. The second-order valence-corrected chi connectivity index (χ2v) is 5.68. The Labute approximate surface area is 122 Å². The van der Waals surface area contributed by atoms with Crippen LogP contribution in [0.3, 0.4) is 0 Å². The number of carboxylic acid groups (broad SMARTS) is 1. The van der Waals surface area contributed by atoms with Crippen molar-refractivity contribution < 1.29 is 39.8 Å². The number of hydrogen-bond donors (Lipinski definition) is 5. The van der Waals surface area contributed by atoms with Crippen LogP contribution in [-0.4, -0.2) is 74.4 Å². The Balaban J connectivity index is 3.06. The zero-order chi connectivity index (χ0) is 16.4. The van der Waals surface area contributed by atoms with E-state index in [0.717, 1.165) is 0 Å². The van der Waals surface area contributed by atoms with E-state index in [9.17, 15) is 25.2 Å². The number of carboxylic acids is 1. The lowest BCUT2D eigenvalue weighted by Crippen LogP contribution is -2.61. The van der Waals surface area contributed by atoms with Crippen LogP contribution in [0.1, 0.15) is 27.2 Å². The molecule has 1 heterocycles. The van der Waals surface area contributed by atoms with E-state index in [-0.39, 0.29) is 6.42 Å². The molecule has 1 saturated heterocycles. The van der Waals surface area contributed by atoms with Gasteiger partial charge in [-0.2, -0.15) is 0 Å². The second-order valence-electron chi connectivity index (χ2n) is 5.68. The normalized spacial score (nSPS) is 36.5. The molecule has 0 radical (unpaired) electrons. The molecule has 6 unspecified atom stereocenters. The van der Waals surface area contributed by atoms with E-state index in [1.54, 1.807) is 20.8 Å². The highest BCUT2D eigenvalue weighted by Crippen LogP contribution is 2.37. The number of hydrogen-bond acceptors (Lipinski definition) is 7. The van der Waals surface area contributed by atoms with Gasteiger partial charge in [-0.05, 0) is 13.8 Å². The largest absolute Gasteiger partial charge is 0.477 e. The standard InChI is InChI=1S/C13H24O8/c1-6(2)20-13(12(18)19)4-8(15)7(3)11(21-13)10(17)9(16)5-14/h6-11,14-17H,4-5H2,1-3H3,(H,18,19). The van der Waals surface area contributed by atoms with Crippen LogP contribution in [0.2, 0.25) is 0 Å². The van der Waals surface area contributed by atoms with Crippen molar-refractivity contribution in [2.24, 2.45) is 5.92 Å². The van der Waals surface area contributed by atoms with Crippen molar-refractivity contribution in [3.05, 3.63) is 0 Å². The molecule has 0 amide bonds. The van der Waals surface area contributed by atoms with E-state index in [1.807, 2.05) is 0 Å². The molecule has 21 heavy (non-hydrogen) atoms. The van der Waals surface area contributed by atoms with Gasteiger partial charge in [0, 0.05) is 12.3 Å². The first-order valence-corrected chi connectivity index (χ1v) is 6.88. The molecule has 8 heteroatoms. The Morgan fingerprint density at radius 1 is 1.43 bits per heavy atom. The quantitative estimate of drug-likeness (QED) is 0.408. The first-order chi connectivity index (χ1) is 9.64. The van der Waals surface area contributed by atoms with Gasteiger partial charge in [0.1, 0.15) is 12.2 Å². The third-order valence-electron chi connectivity index (χ3n) is 3.60. The first kappa shape index (κ1) is 18.3. The van der Waals surface area contributed by atoms with Crippen molar-refractivity contribution in [3.8, 4) is 0 Å². The summed E-state index contributed by atoms with van der Waals surface area (Å²) in [6.45, 7) is 4.08. The van der Waals surface area contributed by atoms with Crippen molar-refractivity contribution in [1.82, 2.24) is 0 Å². The zero-order valence-electron chi connectivity index (χ0n) is 12.3. The summed E-state index contributed by atoms with van der Waals surface area (Å²) in [5.74, 6) is -4.15. The van der Waals surface area contributed by atoms with Crippen LogP contribution in [0.5, 0.6) is 0 Å². The number of carbonyl (C=O) groups is 1. The Morgan fingerprint density at radius 3 is 2.43 bits per heavy atom. The highest BCUT2D eigenvalue weighted by atomic mass is 16.7. The molecule has 1 aliphatic rings. The van der Waals surface area contributed by atoms with Gasteiger partial charge in [-0.3, -0.25) is 0 Å². The third kappa shape index (κ3) is 3.91. The molecule has 0 saturated carbocycles. The second kappa shape index (κ2) is 6.99. The lowest BCUT2D eigenvalue weighted by atomic mass is 9.84. The summed E-state index contributed by atoms with van der Waals surface area (Å²) in [6.07, 6.45) is -6.12. The van der Waals surface area contributed by atoms with Gasteiger partial charge in [0.2, 0.25) is 0 Å². The molecule has 5 N–H and O–H groups in total. The molecule has 124 valence electrons. The van der Waals surface area contributed by atoms with E-state index >= 15 is 0 Å². The van der Waals surface area contributed by atoms with Gasteiger partial charge in [0.05, 0.1) is 24.9 Å². The van der Waals surface area contributed by atoms with Crippen molar-refractivity contribution in [3.63, 3.8) is 0 Å². The molecule has 0 aliphatic carbocycles. The van der Waals surface area contributed by atoms with E-state index < -0.39 is 54.8 Å². The van der Waals surface area contributed by atoms with Crippen LogP contribution in [0, 0.1) is 5.92 Å². The van der Waals surface area contributed by atoms with Crippen molar-refractivity contribution in [2.75, 3.05) is 6.61 Å². The van der Waals surface area contributed by atoms with Gasteiger partial charge in [-0.1, -0.05) is 6.92 Å². The minimum absolute atomic E-state index is 0.292. The van der Waals surface area contributed by atoms with Crippen LogP contribution >= 0.6 is 0 Å². The van der Waals surface area contributed by atoms with Crippen molar-refractivity contribution in [2.45, 2.75) is 63.5 Å². The molecule has 1 fully saturated rings. The molecule has 8 nitrogen and oxygen atoms in total. The number of ether oxygens (including phenoxy) is 2. The molecule has 0 bridgehead atoms. The number of aliphatic hydroxyl groups excluding tert-OH is 4. The Bertz CT molecular complexity index is 360. The van der Waals surface area contributed by atoms with Crippen LogP contribution < -0.4 is 0 Å². The van der Waals surface area contributed by atoms with Gasteiger partial charge in [-0.25, -0.2) is 4.79 Å². The Hall–Kier alpha value is -0.770. The minimum atomic E-state index is -2.10. The fraction of sp³-hybridized carbons (Fsp3) is 0.923. The highest BCUT2D eigenvalue weighted by Gasteiger charge is 2.54. The smallest absolute Gasteiger partial charge is 0.364 e. The minimum Gasteiger partial charge on any atom is -0.477 e. The average molecular weight is 308 g/mol. The Morgan fingerprint density at radius 2 is 2.00 bits per heavy atom. The molecule has 1 rings (SSSR count). The fourth-order valence-corrected chi connectivity index (χ4v) is 2.41. The van der Waals surface area contributed by atoms with E-state index in [0.29, 0.717) is 0 Å². The lowest BCUT2D eigenvalue weighted by Gasteiger charge is -2.46. The summed E-state index contributed by atoms with van der Waals surface area (Å²) < 4.78 is 10.7. The van der Waals surface area contributed by atoms with Gasteiger partial charge in [0.25, 0.3) is 5.79 Å². The van der Waals surface area contributed by atoms with Crippen LogP contribution in [0.25, 0.3) is 0 Å². The van der Waals surface area contributed by atoms with Gasteiger partial charge in [0.15, 0.2) is 0 Å². The summed E-state index contributed by atoms with van der Waals surface area (Å²) >= 11 is 0. The SMILES string of the molecule is CC(C)OC1(C(=O)O)CC(O)C(C)C(C(O)C(O)CO)O1.